The molecule has 0 amide bonds. The highest BCUT2D eigenvalue weighted by Gasteiger charge is 2.26. The summed E-state index contributed by atoms with van der Waals surface area (Å²) in [5, 5.41) is 4.50. The van der Waals surface area contributed by atoms with Crippen LogP contribution in [0.25, 0.3) is 0 Å². The van der Waals surface area contributed by atoms with Crippen LogP contribution in [0.5, 0.6) is 0 Å². The summed E-state index contributed by atoms with van der Waals surface area (Å²) >= 11 is 0. The van der Waals surface area contributed by atoms with Crippen LogP contribution in [0.2, 0.25) is 0 Å². The van der Waals surface area contributed by atoms with Gasteiger partial charge in [-0.05, 0) is 37.1 Å². The first kappa shape index (κ1) is 23.2. The Balaban J connectivity index is 1.46. The lowest BCUT2D eigenvalue weighted by atomic mass is 10.2. The van der Waals surface area contributed by atoms with E-state index in [0.717, 1.165) is 11.3 Å². The van der Waals surface area contributed by atoms with Crippen LogP contribution >= 0.6 is 0 Å². The summed E-state index contributed by atoms with van der Waals surface area (Å²) in [5.74, 6) is -0.481. The molecular formula is C24H27N3O5S. The summed E-state index contributed by atoms with van der Waals surface area (Å²) in [5.41, 5.74) is 3.44. The van der Waals surface area contributed by atoms with E-state index in [1.54, 1.807) is 35.9 Å². The van der Waals surface area contributed by atoms with Gasteiger partial charge in [-0.15, -0.1) is 0 Å². The van der Waals surface area contributed by atoms with Crippen molar-refractivity contribution in [2.45, 2.75) is 31.9 Å². The minimum Gasteiger partial charge on any atom is -0.457 e. The number of benzene rings is 2. The van der Waals surface area contributed by atoms with Gasteiger partial charge in [-0.1, -0.05) is 42.5 Å². The lowest BCUT2D eigenvalue weighted by molar-refractivity contribution is 0.0470. The average Bonchev–Trinajstić information content (AvgIpc) is 3.11. The van der Waals surface area contributed by atoms with Crippen molar-refractivity contribution < 1.29 is 22.7 Å². The summed E-state index contributed by atoms with van der Waals surface area (Å²) in [6, 6.07) is 16.4. The molecule has 9 heteroatoms. The second kappa shape index (κ2) is 9.86. The second-order valence-corrected chi connectivity index (χ2v) is 9.87. The molecule has 0 aliphatic carbocycles. The SMILES string of the molecule is Cc1nn(Cc2ccccc2)c(C)c1C(=O)OCc1cccc(S(=O)(=O)N2CCOCC2)c1. The average molecular weight is 470 g/mol. The second-order valence-electron chi connectivity index (χ2n) is 7.93. The summed E-state index contributed by atoms with van der Waals surface area (Å²) in [6.07, 6.45) is 0. The number of esters is 1. The fourth-order valence-electron chi connectivity index (χ4n) is 3.86. The van der Waals surface area contributed by atoms with Gasteiger partial charge in [-0.25, -0.2) is 13.2 Å². The molecule has 3 aromatic rings. The number of ether oxygens (including phenoxy) is 2. The minimum absolute atomic E-state index is 0.0337. The fraction of sp³-hybridized carbons (Fsp3) is 0.333. The predicted molar refractivity (Wildman–Crippen MR) is 122 cm³/mol. The van der Waals surface area contributed by atoms with Crippen molar-refractivity contribution in [1.82, 2.24) is 14.1 Å². The van der Waals surface area contributed by atoms with Gasteiger partial charge in [-0.3, -0.25) is 4.68 Å². The molecule has 0 N–H and O–H groups in total. The maximum Gasteiger partial charge on any atom is 0.342 e. The van der Waals surface area contributed by atoms with Crippen LogP contribution in [0.3, 0.4) is 0 Å². The van der Waals surface area contributed by atoms with Gasteiger partial charge in [-0.2, -0.15) is 9.40 Å². The number of rotatable bonds is 7. The number of hydrogen-bond acceptors (Lipinski definition) is 6. The van der Waals surface area contributed by atoms with E-state index < -0.39 is 16.0 Å². The van der Waals surface area contributed by atoms with Gasteiger partial charge in [0.25, 0.3) is 0 Å². The molecule has 1 aromatic heterocycles. The quantitative estimate of drug-likeness (QED) is 0.494. The number of carbonyl (C=O) groups is 1. The summed E-state index contributed by atoms with van der Waals surface area (Å²) in [6.45, 7) is 5.56. The number of nitrogens with zero attached hydrogens (tertiary/aromatic N) is 3. The third-order valence-corrected chi connectivity index (χ3v) is 7.53. The normalized spacial score (nSPS) is 14.8. The molecule has 0 radical (unpaired) electrons. The highest BCUT2D eigenvalue weighted by atomic mass is 32.2. The summed E-state index contributed by atoms with van der Waals surface area (Å²) in [4.78, 5) is 13.0. The summed E-state index contributed by atoms with van der Waals surface area (Å²) < 4.78 is 39.8. The zero-order valence-electron chi connectivity index (χ0n) is 18.7. The van der Waals surface area contributed by atoms with Gasteiger partial charge < -0.3 is 9.47 Å². The predicted octanol–water partition coefficient (Wildman–Crippen LogP) is 2.93. The van der Waals surface area contributed by atoms with Crippen molar-refractivity contribution >= 4 is 16.0 Å². The Bertz CT molecular complexity index is 1230. The monoisotopic (exact) mass is 469 g/mol. The first-order valence-corrected chi connectivity index (χ1v) is 12.2. The van der Waals surface area contributed by atoms with Crippen LogP contribution < -0.4 is 0 Å². The first-order chi connectivity index (χ1) is 15.9. The molecule has 0 bridgehead atoms. The largest absolute Gasteiger partial charge is 0.457 e. The van der Waals surface area contributed by atoms with Gasteiger partial charge in [0.05, 0.1) is 36.0 Å². The number of carbonyl (C=O) groups excluding carboxylic acids is 1. The zero-order chi connectivity index (χ0) is 23.4. The molecule has 1 aliphatic heterocycles. The Morgan fingerprint density at radius 3 is 2.45 bits per heavy atom. The molecule has 33 heavy (non-hydrogen) atoms. The molecule has 0 atom stereocenters. The van der Waals surface area contributed by atoms with E-state index >= 15 is 0 Å². The topological polar surface area (TPSA) is 90.7 Å². The van der Waals surface area contributed by atoms with E-state index in [-0.39, 0.29) is 11.5 Å². The van der Waals surface area contributed by atoms with E-state index in [1.807, 2.05) is 37.3 Å². The van der Waals surface area contributed by atoms with E-state index in [1.165, 1.54) is 4.31 Å². The number of hydrogen-bond donors (Lipinski definition) is 0. The fourth-order valence-corrected chi connectivity index (χ4v) is 5.33. The molecule has 1 fully saturated rings. The van der Waals surface area contributed by atoms with Gasteiger partial charge in [0.1, 0.15) is 12.2 Å². The number of aryl methyl sites for hydroxylation is 1. The molecule has 174 valence electrons. The van der Waals surface area contributed by atoms with Crippen LogP contribution in [0, 0.1) is 13.8 Å². The van der Waals surface area contributed by atoms with Crippen LogP contribution in [-0.2, 0) is 32.6 Å². The Morgan fingerprint density at radius 1 is 1.03 bits per heavy atom. The van der Waals surface area contributed by atoms with E-state index in [0.29, 0.717) is 49.7 Å². The van der Waals surface area contributed by atoms with Crippen molar-refractivity contribution in [3.8, 4) is 0 Å². The third-order valence-electron chi connectivity index (χ3n) is 5.64. The van der Waals surface area contributed by atoms with E-state index in [4.69, 9.17) is 9.47 Å². The van der Waals surface area contributed by atoms with Crippen molar-refractivity contribution in [2.75, 3.05) is 26.3 Å². The Morgan fingerprint density at radius 2 is 1.73 bits per heavy atom. The molecule has 1 saturated heterocycles. The minimum atomic E-state index is -3.62. The lowest BCUT2D eigenvalue weighted by Gasteiger charge is -2.26. The highest BCUT2D eigenvalue weighted by Crippen LogP contribution is 2.20. The molecule has 0 unspecified atom stereocenters. The van der Waals surface area contributed by atoms with Crippen LogP contribution in [-0.4, -0.2) is 54.8 Å². The van der Waals surface area contributed by atoms with Crippen molar-refractivity contribution in [1.29, 1.82) is 0 Å². The smallest absolute Gasteiger partial charge is 0.342 e. The molecule has 0 saturated carbocycles. The lowest BCUT2D eigenvalue weighted by Crippen LogP contribution is -2.40. The maximum atomic E-state index is 12.9. The van der Waals surface area contributed by atoms with Gasteiger partial charge in [0.15, 0.2) is 0 Å². The third kappa shape index (κ3) is 5.16. The molecule has 1 aliphatic rings. The van der Waals surface area contributed by atoms with Crippen LogP contribution in [0.4, 0.5) is 0 Å². The molecule has 2 heterocycles. The van der Waals surface area contributed by atoms with E-state index in [9.17, 15) is 13.2 Å². The molecule has 8 nitrogen and oxygen atoms in total. The maximum absolute atomic E-state index is 12.9. The number of sulfonamides is 1. The van der Waals surface area contributed by atoms with E-state index in [2.05, 4.69) is 5.10 Å². The van der Waals surface area contributed by atoms with Crippen LogP contribution in [0.15, 0.2) is 59.5 Å². The molecule has 0 spiro atoms. The summed E-state index contributed by atoms with van der Waals surface area (Å²) in [7, 11) is -3.62. The van der Waals surface area contributed by atoms with Crippen molar-refractivity contribution in [3.63, 3.8) is 0 Å². The number of aromatic nitrogens is 2. The molecule has 2 aromatic carbocycles. The van der Waals surface area contributed by atoms with Crippen LogP contribution in [0.1, 0.15) is 32.9 Å². The van der Waals surface area contributed by atoms with Gasteiger partial charge in [0, 0.05) is 13.1 Å². The van der Waals surface area contributed by atoms with Gasteiger partial charge >= 0.3 is 5.97 Å². The Hall–Kier alpha value is -3.01. The molecular weight excluding hydrogens is 442 g/mol. The van der Waals surface area contributed by atoms with Crippen molar-refractivity contribution in [3.05, 3.63) is 82.7 Å². The van der Waals surface area contributed by atoms with Gasteiger partial charge in [0.2, 0.25) is 10.0 Å². The standard InChI is InChI=1S/C24H27N3O5S/c1-18-23(19(2)27(25-18)16-20-7-4-3-5-8-20)24(28)32-17-21-9-6-10-22(15-21)33(29,30)26-11-13-31-14-12-26/h3-10,15H,11-14,16-17H2,1-2H3. The first-order valence-electron chi connectivity index (χ1n) is 10.8. The molecule has 4 rings (SSSR count). The zero-order valence-corrected chi connectivity index (χ0v) is 19.5. The Labute approximate surface area is 193 Å². The van der Waals surface area contributed by atoms with Crippen molar-refractivity contribution in [2.24, 2.45) is 0 Å². The Kier molecular flexibility index (Phi) is 6.92. The highest BCUT2D eigenvalue weighted by molar-refractivity contribution is 7.89. The number of morpholine rings is 1.